The number of rotatable bonds is 5. The third-order valence-corrected chi connectivity index (χ3v) is 2.83. The second kappa shape index (κ2) is 6.34. The van der Waals surface area contributed by atoms with Crippen molar-refractivity contribution in [2.45, 2.75) is 6.04 Å². The van der Waals surface area contributed by atoms with Crippen molar-refractivity contribution >= 4 is 0 Å². The van der Waals surface area contributed by atoms with Gasteiger partial charge in [-0.2, -0.15) is 0 Å². The topological polar surface area (TPSA) is 44.5 Å². The summed E-state index contributed by atoms with van der Waals surface area (Å²) in [5, 5.41) is 0. The van der Waals surface area contributed by atoms with Gasteiger partial charge in [0.05, 0.1) is 13.2 Å². The lowest BCUT2D eigenvalue weighted by molar-refractivity contribution is 0.276. The van der Waals surface area contributed by atoms with Crippen molar-refractivity contribution in [3.8, 4) is 11.5 Å². The van der Waals surface area contributed by atoms with E-state index in [1.54, 1.807) is 19.2 Å². The minimum absolute atomic E-state index is 0.0234. The highest BCUT2D eigenvalue weighted by molar-refractivity contribution is 5.31. The summed E-state index contributed by atoms with van der Waals surface area (Å²) in [4.78, 5) is 0. The van der Waals surface area contributed by atoms with Gasteiger partial charge >= 0.3 is 0 Å². The monoisotopic (exact) mass is 279 g/mol. The molecule has 0 aliphatic rings. The molecule has 2 rings (SSSR count). The van der Waals surface area contributed by atoms with Crippen LogP contribution >= 0.6 is 0 Å². The fourth-order valence-electron chi connectivity index (χ4n) is 1.74. The highest BCUT2D eigenvalue weighted by Gasteiger charge is 2.10. The van der Waals surface area contributed by atoms with Crippen LogP contribution in [0.25, 0.3) is 0 Å². The lowest BCUT2D eigenvalue weighted by Crippen LogP contribution is -2.19. The fourth-order valence-corrected chi connectivity index (χ4v) is 1.74. The van der Waals surface area contributed by atoms with Gasteiger partial charge in [-0.25, -0.2) is 8.78 Å². The predicted molar refractivity (Wildman–Crippen MR) is 71.8 cm³/mol. The van der Waals surface area contributed by atoms with E-state index in [1.165, 1.54) is 6.07 Å². The van der Waals surface area contributed by atoms with Crippen LogP contribution in [0.4, 0.5) is 8.78 Å². The van der Waals surface area contributed by atoms with Crippen molar-refractivity contribution in [1.29, 1.82) is 0 Å². The molecule has 1 unspecified atom stereocenters. The summed E-state index contributed by atoms with van der Waals surface area (Å²) in [7, 11) is 1.56. The molecule has 3 nitrogen and oxygen atoms in total. The third kappa shape index (κ3) is 3.45. The van der Waals surface area contributed by atoms with E-state index in [2.05, 4.69) is 0 Å². The Morgan fingerprint density at radius 2 is 1.95 bits per heavy atom. The molecule has 0 radical (unpaired) electrons. The maximum atomic E-state index is 13.4. The maximum absolute atomic E-state index is 13.4. The second-order valence-corrected chi connectivity index (χ2v) is 4.27. The summed E-state index contributed by atoms with van der Waals surface area (Å²) < 4.78 is 36.5. The number of benzene rings is 2. The molecular weight excluding hydrogens is 264 g/mol. The minimum Gasteiger partial charge on any atom is -0.497 e. The molecule has 2 N–H and O–H groups in total. The third-order valence-electron chi connectivity index (χ3n) is 2.83. The lowest BCUT2D eigenvalue weighted by Gasteiger charge is -2.14. The first-order chi connectivity index (χ1) is 9.60. The van der Waals surface area contributed by atoms with Gasteiger partial charge in [-0.15, -0.1) is 0 Å². The van der Waals surface area contributed by atoms with Crippen LogP contribution in [0.2, 0.25) is 0 Å². The van der Waals surface area contributed by atoms with Crippen molar-refractivity contribution in [1.82, 2.24) is 0 Å². The first-order valence-corrected chi connectivity index (χ1v) is 6.07. The molecule has 2 aromatic rings. The van der Waals surface area contributed by atoms with Crippen LogP contribution in [-0.4, -0.2) is 13.7 Å². The van der Waals surface area contributed by atoms with Crippen LogP contribution in [0.3, 0.4) is 0 Å². The highest BCUT2D eigenvalue weighted by Crippen LogP contribution is 2.21. The Bertz CT molecular complexity index is 590. The molecule has 0 amide bonds. The van der Waals surface area contributed by atoms with Crippen LogP contribution in [0.1, 0.15) is 11.6 Å². The summed E-state index contributed by atoms with van der Waals surface area (Å²) in [6.45, 7) is 0.0791. The smallest absolute Gasteiger partial charge is 0.167 e. The molecule has 1 atom stereocenters. The van der Waals surface area contributed by atoms with Gasteiger partial charge in [0.25, 0.3) is 0 Å². The quantitative estimate of drug-likeness (QED) is 0.915. The Kier molecular flexibility index (Phi) is 4.53. The van der Waals surface area contributed by atoms with Crippen molar-refractivity contribution in [2.24, 2.45) is 5.73 Å². The van der Waals surface area contributed by atoms with Gasteiger partial charge in [0.15, 0.2) is 11.6 Å². The van der Waals surface area contributed by atoms with E-state index >= 15 is 0 Å². The lowest BCUT2D eigenvalue weighted by atomic mass is 10.1. The molecule has 0 saturated heterocycles. The van der Waals surface area contributed by atoms with Gasteiger partial charge < -0.3 is 15.2 Å². The van der Waals surface area contributed by atoms with Crippen molar-refractivity contribution in [3.63, 3.8) is 0 Å². The first-order valence-electron chi connectivity index (χ1n) is 6.07. The molecule has 106 valence electrons. The number of hydrogen-bond acceptors (Lipinski definition) is 3. The molecule has 0 fully saturated rings. The van der Waals surface area contributed by atoms with E-state index < -0.39 is 17.7 Å². The average molecular weight is 279 g/mol. The Labute approximate surface area is 115 Å². The predicted octanol–water partition coefficient (Wildman–Crippen LogP) is 3.05. The van der Waals surface area contributed by atoms with E-state index in [1.807, 2.05) is 12.1 Å². The average Bonchev–Trinajstić information content (AvgIpc) is 2.46. The molecule has 0 aromatic heterocycles. The zero-order valence-electron chi connectivity index (χ0n) is 11.0. The minimum atomic E-state index is -0.747. The Morgan fingerprint density at radius 1 is 1.15 bits per heavy atom. The van der Waals surface area contributed by atoms with Crippen molar-refractivity contribution in [3.05, 3.63) is 59.7 Å². The summed E-state index contributed by atoms with van der Waals surface area (Å²) in [6.07, 6.45) is 0. The van der Waals surface area contributed by atoms with Gasteiger partial charge in [-0.3, -0.25) is 0 Å². The number of methoxy groups -OCH3 is 1. The Balaban J connectivity index is 2.02. The van der Waals surface area contributed by atoms with Crippen LogP contribution < -0.4 is 15.2 Å². The van der Waals surface area contributed by atoms with E-state index in [0.717, 1.165) is 17.7 Å². The molecule has 0 aliphatic heterocycles. The van der Waals surface area contributed by atoms with E-state index in [0.29, 0.717) is 5.75 Å². The number of nitrogens with two attached hydrogens (primary N) is 1. The van der Waals surface area contributed by atoms with Crippen LogP contribution in [0.15, 0.2) is 42.5 Å². The summed E-state index contributed by atoms with van der Waals surface area (Å²) in [6, 6.07) is 9.94. The summed E-state index contributed by atoms with van der Waals surface area (Å²) in [5.74, 6) is -0.731. The summed E-state index contributed by atoms with van der Waals surface area (Å²) >= 11 is 0. The summed E-state index contributed by atoms with van der Waals surface area (Å²) in [5.41, 5.74) is 6.78. The Hall–Kier alpha value is -2.14. The van der Waals surface area contributed by atoms with Gasteiger partial charge in [0.2, 0.25) is 0 Å². The van der Waals surface area contributed by atoms with Crippen molar-refractivity contribution in [2.75, 3.05) is 13.7 Å². The normalized spacial score (nSPS) is 12.0. The molecule has 0 heterocycles. The number of ether oxygens (including phenoxy) is 2. The number of hydrogen-bond donors (Lipinski definition) is 1. The Morgan fingerprint density at radius 3 is 2.65 bits per heavy atom. The first kappa shape index (κ1) is 14.3. The van der Waals surface area contributed by atoms with Gasteiger partial charge in [-0.1, -0.05) is 12.1 Å². The second-order valence-electron chi connectivity index (χ2n) is 4.27. The maximum Gasteiger partial charge on any atom is 0.167 e. The van der Waals surface area contributed by atoms with E-state index in [-0.39, 0.29) is 12.4 Å². The number of halogens is 2. The van der Waals surface area contributed by atoms with E-state index in [4.69, 9.17) is 15.2 Å². The molecule has 0 spiro atoms. The zero-order valence-corrected chi connectivity index (χ0v) is 11.0. The molecular formula is C15H15F2NO2. The molecule has 5 heteroatoms. The zero-order chi connectivity index (χ0) is 14.5. The molecule has 0 aliphatic carbocycles. The van der Waals surface area contributed by atoms with E-state index in [9.17, 15) is 8.78 Å². The van der Waals surface area contributed by atoms with Crippen LogP contribution in [0, 0.1) is 11.6 Å². The SMILES string of the molecule is COc1cccc(C(N)COc2ccc(F)cc2F)c1. The van der Waals surface area contributed by atoms with Gasteiger partial charge in [0, 0.05) is 6.07 Å². The van der Waals surface area contributed by atoms with Crippen LogP contribution in [-0.2, 0) is 0 Å². The van der Waals surface area contributed by atoms with Crippen molar-refractivity contribution < 1.29 is 18.3 Å². The molecule has 0 bridgehead atoms. The van der Waals surface area contributed by atoms with Gasteiger partial charge in [0.1, 0.15) is 18.2 Å². The van der Waals surface area contributed by atoms with Crippen LogP contribution in [0.5, 0.6) is 11.5 Å². The molecule has 2 aromatic carbocycles. The largest absolute Gasteiger partial charge is 0.497 e. The van der Waals surface area contributed by atoms with Gasteiger partial charge in [-0.05, 0) is 29.8 Å². The molecule has 0 saturated carbocycles. The fraction of sp³-hybridized carbons (Fsp3) is 0.200. The molecule has 20 heavy (non-hydrogen) atoms. The highest BCUT2D eigenvalue weighted by atomic mass is 19.1. The standard InChI is InChI=1S/C15H15F2NO2/c1-19-12-4-2-3-10(7-12)14(18)9-20-15-6-5-11(16)8-13(15)17/h2-8,14H,9,18H2,1H3.